The normalized spacial score (nSPS) is 17.6. The fourth-order valence-corrected chi connectivity index (χ4v) is 3.01. The van der Waals surface area contributed by atoms with Gasteiger partial charge in [-0.1, -0.05) is 40.5 Å². The second kappa shape index (κ2) is 7.35. The van der Waals surface area contributed by atoms with Crippen LogP contribution in [0.25, 0.3) is 0 Å². The van der Waals surface area contributed by atoms with E-state index in [-0.39, 0.29) is 6.04 Å². The molecule has 1 aliphatic rings. The summed E-state index contributed by atoms with van der Waals surface area (Å²) in [5.74, 6) is 0.677. The number of benzene rings is 2. The lowest BCUT2D eigenvalue weighted by atomic mass is 10.00. The van der Waals surface area contributed by atoms with E-state index in [2.05, 4.69) is 15.4 Å². The van der Waals surface area contributed by atoms with Crippen molar-refractivity contribution in [1.82, 2.24) is 14.8 Å². The van der Waals surface area contributed by atoms with Crippen LogP contribution in [-0.4, -0.2) is 27.1 Å². The molecule has 1 unspecified atom stereocenters. The highest BCUT2D eigenvalue weighted by atomic mass is 35.5. The Hall–Kier alpha value is -2.57. The number of fused-ring (bicyclic) bond motifs is 1. The van der Waals surface area contributed by atoms with Crippen LogP contribution in [0.2, 0.25) is 10.0 Å². The summed E-state index contributed by atoms with van der Waals surface area (Å²) in [6, 6.07) is 12.7. The van der Waals surface area contributed by atoms with Crippen molar-refractivity contribution in [2.75, 3.05) is 6.61 Å². The van der Waals surface area contributed by atoms with Gasteiger partial charge in [0.05, 0.1) is 0 Å². The minimum Gasteiger partial charge on any atom is -0.490 e. The molecular weight excluding hydrogens is 375 g/mol. The maximum atomic E-state index is 6.07. The Bertz CT molecular complexity index is 927. The molecule has 0 aliphatic carbocycles. The standard InChI is InChI=1S/C18H14Cl2N4O2/c19-13-3-1-12(2-4-13)8-26-23-18-15-6-5-14(20)7-17(15)25-9-16(18)24-10-21-22-11-24/h1-7,10-11,16H,8-9H2/b23-18-. The highest BCUT2D eigenvalue weighted by molar-refractivity contribution is 6.31. The first-order chi connectivity index (χ1) is 12.7. The van der Waals surface area contributed by atoms with Gasteiger partial charge in [-0.05, 0) is 35.9 Å². The molecule has 3 aromatic rings. The maximum Gasteiger partial charge on any atom is 0.142 e. The van der Waals surface area contributed by atoms with Crippen LogP contribution < -0.4 is 4.74 Å². The molecule has 2 heterocycles. The summed E-state index contributed by atoms with van der Waals surface area (Å²) in [6.07, 6.45) is 3.26. The number of aromatic nitrogens is 3. The predicted molar refractivity (Wildman–Crippen MR) is 98.8 cm³/mol. The molecule has 0 fully saturated rings. The number of rotatable bonds is 4. The van der Waals surface area contributed by atoms with Crippen LogP contribution in [0.15, 0.2) is 60.3 Å². The highest BCUT2D eigenvalue weighted by Gasteiger charge is 2.29. The molecule has 0 amide bonds. The number of hydrogen-bond acceptors (Lipinski definition) is 5. The molecule has 1 aromatic heterocycles. The van der Waals surface area contributed by atoms with E-state index in [1.807, 2.05) is 34.9 Å². The van der Waals surface area contributed by atoms with Crippen molar-refractivity contribution >= 4 is 28.9 Å². The molecule has 2 aromatic carbocycles. The van der Waals surface area contributed by atoms with Gasteiger partial charge in [0.15, 0.2) is 0 Å². The first-order valence-electron chi connectivity index (χ1n) is 7.92. The number of hydrogen-bond donors (Lipinski definition) is 0. The van der Waals surface area contributed by atoms with Crippen molar-refractivity contribution in [2.24, 2.45) is 5.16 Å². The van der Waals surface area contributed by atoms with Crippen LogP contribution in [0.1, 0.15) is 17.2 Å². The van der Waals surface area contributed by atoms with Crippen LogP contribution >= 0.6 is 23.2 Å². The van der Waals surface area contributed by atoms with Crippen LogP contribution in [0.4, 0.5) is 0 Å². The van der Waals surface area contributed by atoms with Crippen molar-refractivity contribution in [3.8, 4) is 5.75 Å². The summed E-state index contributed by atoms with van der Waals surface area (Å²) in [6.45, 7) is 0.716. The fourth-order valence-electron chi connectivity index (χ4n) is 2.72. The van der Waals surface area contributed by atoms with Crippen LogP contribution in [0, 0.1) is 0 Å². The fraction of sp³-hybridized carbons (Fsp3) is 0.167. The van der Waals surface area contributed by atoms with Gasteiger partial charge in [-0.2, -0.15) is 0 Å². The molecule has 0 saturated carbocycles. The van der Waals surface area contributed by atoms with E-state index in [0.717, 1.165) is 16.8 Å². The SMILES string of the molecule is Clc1ccc(CO/N=C2/c3ccc(Cl)cc3OCC2n2cnnc2)cc1. The molecule has 8 heteroatoms. The third-order valence-corrected chi connectivity index (χ3v) is 4.52. The lowest BCUT2D eigenvalue weighted by Gasteiger charge is -2.27. The van der Waals surface area contributed by atoms with E-state index in [4.69, 9.17) is 32.8 Å². The Morgan fingerprint density at radius 1 is 1.08 bits per heavy atom. The van der Waals surface area contributed by atoms with Gasteiger partial charge in [0.2, 0.25) is 0 Å². The zero-order valence-electron chi connectivity index (χ0n) is 13.5. The van der Waals surface area contributed by atoms with Crippen molar-refractivity contribution in [3.05, 3.63) is 76.3 Å². The minimum atomic E-state index is -0.191. The van der Waals surface area contributed by atoms with Gasteiger partial charge in [-0.15, -0.1) is 10.2 Å². The number of oxime groups is 1. The zero-order chi connectivity index (χ0) is 17.9. The Kier molecular flexibility index (Phi) is 4.77. The average molecular weight is 389 g/mol. The monoisotopic (exact) mass is 388 g/mol. The lowest BCUT2D eigenvalue weighted by molar-refractivity contribution is 0.127. The van der Waals surface area contributed by atoms with E-state index < -0.39 is 0 Å². The second-order valence-electron chi connectivity index (χ2n) is 5.75. The first-order valence-corrected chi connectivity index (χ1v) is 8.67. The third-order valence-electron chi connectivity index (χ3n) is 4.04. The Labute approximate surface area is 160 Å². The average Bonchev–Trinajstić information content (AvgIpc) is 3.17. The summed E-state index contributed by atoms with van der Waals surface area (Å²) in [5, 5.41) is 13.4. The molecular formula is C18H14Cl2N4O2. The van der Waals surface area contributed by atoms with E-state index in [9.17, 15) is 0 Å². The Morgan fingerprint density at radius 2 is 1.81 bits per heavy atom. The van der Waals surface area contributed by atoms with Gasteiger partial charge >= 0.3 is 0 Å². The number of nitrogens with zero attached hydrogens (tertiary/aromatic N) is 4. The van der Waals surface area contributed by atoms with E-state index in [0.29, 0.717) is 29.0 Å². The molecule has 0 radical (unpaired) electrons. The van der Waals surface area contributed by atoms with Gasteiger partial charge in [0.25, 0.3) is 0 Å². The van der Waals surface area contributed by atoms with Gasteiger partial charge in [-0.3, -0.25) is 0 Å². The quantitative estimate of drug-likeness (QED) is 0.630. The highest BCUT2D eigenvalue weighted by Crippen LogP contribution is 2.32. The molecule has 6 nitrogen and oxygen atoms in total. The summed E-state index contributed by atoms with van der Waals surface area (Å²) in [5.41, 5.74) is 2.54. The lowest BCUT2D eigenvalue weighted by Crippen LogP contribution is -2.31. The van der Waals surface area contributed by atoms with Gasteiger partial charge in [0, 0.05) is 15.6 Å². The second-order valence-corrected chi connectivity index (χ2v) is 6.63. The molecule has 0 N–H and O–H groups in total. The maximum absolute atomic E-state index is 6.07. The molecule has 0 bridgehead atoms. The molecule has 0 spiro atoms. The molecule has 4 rings (SSSR count). The van der Waals surface area contributed by atoms with Crippen LogP contribution in [-0.2, 0) is 11.4 Å². The van der Waals surface area contributed by atoms with Gasteiger partial charge < -0.3 is 14.1 Å². The Morgan fingerprint density at radius 3 is 2.58 bits per heavy atom. The van der Waals surface area contributed by atoms with Crippen LogP contribution in [0.3, 0.4) is 0 Å². The summed E-state index contributed by atoms with van der Waals surface area (Å²) >= 11 is 12.0. The summed E-state index contributed by atoms with van der Waals surface area (Å²) in [4.78, 5) is 5.62. The van der Waals surface area contributed by atoms with Crippen molar-refractivity contribution in [1.29, 1.82) is 0 Å². The smallest absolute Gasteiger partial charge is 0.142 e. The number of ether oxygens (including phenoxy) is 1. The van der Waals surface area contributed by atoms with E-state index >= 15 is 0 Å². The van der Waals surface area contributed by atoms with E-state index in [1.165, 1.54) is 0 Å². The molecule has 26 heavy (non-hydrogen) atoms. The zero-order valence-corrected chi connectivity index (χ0v) is 15.1. The van der Waals surface area contributed by atoms with E-state index in [1.54, 1.807) is 24.8 Å². The molecule has 132 valence electrons. The summed E-state index contributed by atoms with van der Waals surface area (Å²) in [7, 11) is 0. The van der Waals surface area contributed by atoms with Gasteiger partial charge in [0.1, 0.15) is 43.4 Å². The molecule has 1 aliphatic heterocycles. The summed E-state index contributed by atoms with van der Waals surface area (Å²) < 4.78 is 7.67. The first kappa shape index (κ1) is 16.9. The minimum absolute atomic E-state index is 0.191. The molecule has 1 atom stereocenters. The Balaban J connectivity index is 1.63. The molecule has 0 saturated heterocycles. The topological polar surface area (TPSA) is 61.5 Å². The van der Waals surface area contributed by atoms with Crippen molar-refractivity contribution < 1.29 is 9.57 Å². The third kappa shape index (κ3) is 3.52. The predicted octanol–water partition coefficient (Wildman–Crippen LogP) is 4.14. The van der Waals surface area contributed by atoms with Crippen molar-refractivity contribution in [3.63, 3.8) is 0 Å². The largest absolute Gasteiger partial charge is 0.490 e. The van der Waals surface area contributed by atoms with Gasteiger partial charge in [-0.25, -0.2) is 0 Å². The van der Waals surface area contributed by atoms with Crippen molar-refractivity contribution in [2.45, 2.75) is 12.6 Å². The number of halogens is 2. The van der Waals surface area contributed by atoms with Crippen LogP contribution in [0.5, 0.6) is 5.75 Å².